The van der Waals surface area contributed by atoms with Gasteiger partial charge in [-0.15, -0.1) is 0 Å². The third-order valence-electron chi connectivity index (χ3n) is 9.76. The Morgan fingerprint density at radius 2 is 1.68 bits per heavy atom. The van der Waals surface area contributed by atoms with Crippen LogP contribution < -0.4 is 20.5 Å². The number of aromatic nitrogens is 4. The highest BCUT2D eigenvalue weighted by Crippen LogP contribution is 2.65. The van der Waals surface area contributed by atoms with Crippen LogP contribution in [0.2, 0.25) is 0 Å². The Balaban J connectivity index is 1.08. The number of halogens is 2. The summed E-state index contributed by atoms with van der Waals surface area (Å²) in [6, 6.07) is 12.4. The Morgan fingerprint density at radius 1 is 0.950 bits per heavy atom. The Kier molecular flexibility index (Phi) is 11.9. The Labute approximate surface area is 341 Å². The molecule has 3 fully saturated rings. The van der Waals surface area contributed by atoms with Gasteiger partial charge in [-0.1, -0.05) is 18.2 Å². The number of alkyl halides is 2. The van der Waals surface area contributed by atoms with Crippen molar-refractivity contribution in [3.8, 4) is 11.5 Å². The van der Waals surface area contributed by atoms with E-state index in [4.69, 9.17) is 42.8 Å². The van der Waals surface area contributed by atoms with Gasteiger partial charge >= 0.3 is 20.6 Å². The van der Waals surface area contributed by atoms with Crippen LogP contribution in [0.15, 0.2) is 73.3 Å². The third kappa shape index (κ3) is 8.73. The van der Waals surface area contributed by atoms with E-state index in [1.165, 1.54) is 42.3 Å². The van der Waals surface area contributed by atoms with Crippen molar-refractivity contribution < 1.29 is 74.2 Å². The van der Waals surface area contributed by atoms with Crippen molar-refractivity contribution in [2.24, 2.45) is 5.92 Å². The average molecular weight is 895 g/mol. The number of nitrogens with two attached hydrogens (primary N) is 1. The van der Waals surface area contributed by atoms with Crippen molar-refractivity contribution in [2.75, 3.05) is 26.1 Å². The number of nitrogen functional groups attached to an aromatic ring is 1. The van der Waals surface area contributed by atoms with Gasteiger partial charge in [-0.2, -0.15) is 0 Å². The van der Waals surface area contributed by atoms with E-state index in [-0.39, 0.29) is 34.0 Å². The number of imidazole rings is 1. The molecule has 0 radical (unpaired) electrons. The van der Waals surface area contributed by atoms with Gasteiger partial charge in [0.15, 0.2) is 30.0 Å². The summed E-state index contributed by atoms with van der Waals surface area (Å²) in [6.45, 7) is -6.45. The van der Waals surface area contributed by atoms with Crippen LogP contribution in [0.4, 0.5) is 14.6 Å². The summed E-state index contributed by atoms with van der Waals surface area (Å²) >= 11 is 0.598. The first-order valence-electron chi connectivity index (χ1n) is 17.9. The van der Waals surface area contributed by atoms with Gasteiger partial charge in [-0.05, 0) is 53.3 Å². The number of benzene rings is 2. The lowest BCUT2D eigenvalue weighted by Crippen LogP contribution is -2.45. The summed E-state index contributed by atoms with van der Waals surface area (Å²) in [5.74, 6) is -3.06. The van der Waals surface area contributed by atoms with E-state index in [2.05, 4.69) is 15.0 Å². The van der Waals surface area contributed by atoms with Gasteiger partial charge in [-0.3, -0.25) is 37.6 Å². The fraction of sp³-hybridized carbons (Fsp3) is 0.371. The van der Waals surface area contributed by atoms with E-state index in [0.717, 1.165) is 18.5 Å². The summed E-state index contributed by atoms with van der Waals surface area (Å²) < 4.78 is 107. The molecular weight excluding hydrogens is 860 g/mol. The second kappa shape index (κ2) is 17.0. The maximum atomic E-state index is 16.5. The number of anilines is 1. The first kappa shape index (κ1) is 42.0. The molecule has 3 saturated heterocycles. The monoisotopic (exact) mass is 894 g/mol. The van der Waals surface area contributed by atoms with E-state index < -0.39 is 101 Å². The minimum Gasteiger partial charge on any atom is -0.497 e. The average Bonchev–Trinajstić information content (AvgIpc) is 3.89. The number of imide groups is 1. The zero-order chi connectivity index (χ0) is 42.3. The number of rotatable bonds is 8. The molecule has 60 heavy (non-hydrogen) atoms. The van der Waals surface area contributed by atoms with E-state index in [1.54, 1.807) is 24.3 Å². The molecule has 318 valence electrons. The van der Waals surface area contributed by atoms with E-state index >= 15 is 8.78 Å². The second-order valence-electron chi connectivity index (χ2n) is 13.6. The molecule has 2 amide bonds. The van der Waals surface area contributed by atoms with Gasteiger partial charge in [0.2, 0.25) is 11.8 Å². The fourth-order valence-electron chi connectivity index (χ4n) is 6.76. The number of nitrogens with zero attached hydrogens (tertiary/aromatic N) is 4. The van der Waals surface area contributed by atoms with Crippen LogP contribution in [-0.4, -0.2) is 105 Å². The standard InChI is InChI=1S/C35H34F2N6O14P2S/c1-50-19-8-4-18(5-9-19)35(46)53-20-6-2-17(3-7-20)14-60-59(49)52-13-23-29(26(37)28(54-23)21-10-11-24(44)42-33(21)45)56-58(47,48)51-12-22-25(36)30(57-59)34(55-22)43-16-41-27-31(38)39-15-40-32(27)43/h2-11,15-16,21-23,25-26,28-30,34H,12-14H2,1H3,(H,47,48)(H2,38,39,40)(H,42,44,45)/t21?,22-,23-,25-,26+,28+,29-,30-,34-,59-/m1/s1. The number of carbonyl (C=O) groups excluding carboxylic acids is 3. The summed E-state index contributed by atoms with van der Waals surface area (Å²) in [4.78, 5) is 60.1. The van der Waals surface area contributed by atoms with Crippen LogP contribution >= 0.6 is 26.0 Å². The van der Waals surface area contributed by atoms with Crippen LogP contribution in [0.1, 0.15) is 22.1 Å². The highest BCUT2D eigenvalue weighted by atomic mass is 32.7. The van der Waals surface area contributed by atoms with Crippen LogP contribution in [0.25, 0.3) is 11.2 Å². The van der Waals surface area contributed by atoms with Gasteiger partial charge in [-0.25, -0.2) is 37.7 Å². The van der Waals surface area contributed by atoms with Crippen LogP contribution in [0.5, 0.6) is 11.5 Å². The van der Waals surface area contributed by atoms with Crippen molar-refractivity contribution in [1.82, 2.24) is 24.8 Å². The molecule has 0 saturated carbocycles. The molecule has 2 aromatic heterocycles. The third-order valence-corrected chi connectivity index (χ3v) is 14.4. The Bertz CT molecular complexity index is 2410. The van der Waals surface area contributed by atoms with Crippen molar-refractivity contribution >= 4 is 60.8 Å². The van der Waals surface area contributed by atoms with Gasteiger partial charge in [0, 0.05) is 11.8 Å². The number of esters is 1. The molecule has 2 unspecified atom stereocenters. The lowest BCUT2D eigenvalue weighted by Gasteiger charge is -2.27. The molecule has 4 aliphatic rings. The number of amides is 2. The number of phosphoric ester groups is 1. The number of phosphoric acid groups is 1. The number of methoxy groups -OCH3 is 1. The Morgan fingerprint density at radius 3 is 2.42 bits per heavy atom. The number of ether oxygens (including phenoxy) is 4. The maximum Gasteiger partial charge on any atom is 0.472 e. The highest BCUT2D eigenvalue weighted by molar-refractivity contribution is 8.54. The van der Waals surface area contributed by atoms with Gasteiger partial charge in [0.25, 0.3) is 0 Å². The molecule has 4 N–H and O–H groups in total. The first-order valence-corrected chi connectivity index (χ1v) is 22.6. The molecule has 0 spiro atoms. The fourth-order valence-corrected chi connectivity index (χ4v) is 11.1. The van der Waals surface area contributed by atoms with Crippen molar-refractivity contribution in [1.29, 1.82) is 0 Å². The van der Waals surface area contributed by atoms with E-state index in [9.17, 15) is 28.4 Å². The summed E-state index contributed by atoms with van der Waals surface area (Å²) in [5, 5.41) is 2.03. The molecule has 25 heteroatoms. The number of carbonyl (C=O) groups is 3. The topological polar surface area (TPSA) is 261 Å². The van der Waals surface area contributed by atoms with Crippen molar-refractivity contribution in [2.45, 2.75) is 54.8 Å². The summed E-state index contributed by atoms with van der Waals surface area (Å²) in [5.41, 5.74) is 6.94. The predicted molar refractivity (Wildman–Crippen MR) is 203 cm³/mol. The summed E-state index contributed by atoms with van der Waals surface area (Å²) in [6.07, 6.45) is -10.3. The maximum absolute atomic E-state index is 16.5. The van der Waals surface area contributed by atoms with Crippen LogP contribution in [0.3, 0.4) is 0 Å². The summed E-state index contributed by atoms with van der Waals surface area (Å²) in [7, 11) is -3.76. The quantitative estimate of drug-likeness (QED) is 0.0984. The first-order chi connectivity index (χ1) is 28.7. The largest absolute Gasteiger partial charge is 0.497 e. The smallest absolute Gasteiger partial charge is 0.472 e. The SMILES string of the molecule is COc1ccc(C(=O)Oc2ccc(CS[P@]3(=O)OC[C@H]4O[C@@H](C5C=CC(=O)NC5=O)[C@H](F)[C@@H]4OP(=O)(O)OC[C@H]4O[C@@H](n5cnc6c(N)ncnc65)[C@H](O3)[C@@H]4F)cc2)cc1. The molecule has 8 rings (SSSR count). The molecule has 2 bridgehead atoms. The van der Waals surface area contributed by atoms with Crippen LogP contribution in [-0.2, 0) is 52.0 Å². The van der Waals surface area contributed by atoms with Gasteiger partial charge in [0.1, 0.15) is 53.9 Å². The lowest BCUT2D eigenvalue weighted by atomic mass is 9.94. The normalized spacial score (nSPS) is 33.3. The molecule has 0 aliphatic carbocycles. The molecule has 6 heterocycles. The van der Waals surface area contributed by atoms with E-state index in [1.807, 2.05) is 5.32 Å². The zero-order valence-electron chi connectivity index (χ0n) is 30.9. The predicted octanol–water partition coefficient (Wildman–Crippen LogP) is 3.77. The van der Waals surface area contributed by atoms with E-state index in [0.29, 0.717) is 22.7 Å². The number of hydrogen-bond donors (Lipinski definition) is 3. The highest BCUT2D eigenvalue weighted by Gasteiger charge is 2.56. The Hall–Kier alpha value is -4.67. The molecule has 4 aromatic rings. The van der Waals surface area contributed by atoms with Gasteiger partial charge < -0.3 is 29.6 Å². The van der Waals surface area contributed by atoms with Crippen molar-refractivity contribution in [3.05, 3.63) is 84.5 Å². The van der Waals surface area contributed by atoms with Gasteiger partial charge in [0.05, 0.1) is 38.1 Å². The lowest BCUT2D eigenvalue weighted by molar-refractivity contribution is -0.135. The molecular formula is C35H34F2N6O14P2S. The minimum atomic E-state index is -5.26. The molecule has 2 aromatic carbocycles. The number of hydrogen-bond acceptors (Lipinski definition) is 18. The number of nitrogens with one attached hydrogen (secondary N) is 1. The zero-order valence-corrected chi connectivity index (χ0v) is 33.5. The second-order valence-corrected chi connectivity index (χ2v) is 19.0. The minimum absolute atomic E-state index is 0.0131. The van der Waals surface area contributed by atoms with Crippen molar-refractivity contribution in [3.63, 3.8) is 0 Å². The van der Waals surface area contributed by atoms with Crippen LogP contribution in [0, 0.1) is 5.92 Å². The molecule has 4 aliphatic heterocycles. The number of fused-ring (bicyclic) bond motifs is 4. The molecule has 11 atom stereocenters. The molecule has 20 nitrogen and oxygen atoms in total.